The fourth-order valence-electron chi connectivity index (χ4n) is 3.74. The van der Waals surface area contributed by atoms with Crippen LogP contribution in [0.3, 0.4) is 0 Å². The van der Waals surface area contributed by atoms with Gasteiger partial charge in [-0.05, 0) is 65.6 Å². The second-order valence-corrected chi connectivity index (χ2v) is 7.70. The van der Waals surface area contributed by atoms with Crippen molar-refractivity contribution in [1.82, 2.24) is 4.98 Å². The first-order valence-corrected chi connectivity index (χ1v) is 10.4. The topological polar surface area (TPSA) is 45.9 Å². The van der Waals surface area contributed by atoms with Gasteiger partial charge in [0.15, 0.2) is 0 Å². The van der Waals surface area contributed by atoms with E-state index in [0.717, 1.165) is 34.2 Å². The lowest BCUT2D eigenvalue weighted by Gasteiger charge is -2.09. The number of hydrogen-bond acceptors (Lipinski definition) is 3. The van der Waals surface area contributed by atoms with E-state index in [-0.39, 0.29) is 11.4 Å². The van der Waals surface area contributed by atoms with Crippen molar-refractivity contribution >= 4 is 10.8 Å². The molecule has 1 heterocycles. The van der Waals surface area contributed by atoms with E-state index in [0.29, 0.717) is 30.4 Å². The number of halogens is 2. The van der Waals surface area contributed by atoms with Crippen molar-refractivity contribution in [3.63, 3.8) is 0 Å². The number of methoxy groups -OCH3 is 1. The summed E-state index contributed by atoms with van der Waals surface area (Å²) in [6.45, 7) is 0.652. The molecule has 0 bridgehead atoms. The zero-order valence-corrected chi connectivity index (χ0v) is 17.7. The number of hydrogen-bond donors (Lipinski definition) is 0. The number of aryl methyl sites for hydroxylation is 2. The van der Waals surface area contributed by atoms with Gasteiger partial charge in [0.1, 0.15) is 17.7 Å². The minimum absolute atomic E-state index is 0.0144. The number of nitriles is 1. The molecule has 1 aromatic heterocycles. The SMILES string of the molecule is COCCc1ccc(-c2ccc3c(F)c(CCc4ccc(C#N)c(F)c4)ccc3c2)nc1. The maximum Gasteiger partial charge on any atom is 0.141 e. The summed E-state index contributed by atoms with van der Waals surface area (Å²) in [5.41, 5.74) is 4.19. The van der Waals surface area contributed by atoms with E-state index < -0.39 is 5.82 Å². The van der Waals surface area contributed by atoms with Crippen molar-refractivity contribution in [2.75, 3.05) is 13.7 Å². The van der Waals surface area contributed by atoms with Crippen LogP contribution in [-0.4, -0.2) is 18.7 Å². The maximum absolute atomic E-state index is 15.1. The van der Waals surface area contributed by atoms with Gasteiger partial charge in [-0.1, -0.05) is 36.4 Å². The number of nitrogens with zero attached hydrogens (tertiary/aromatic N) is 2. The summed E-state index contributed by atoms with van der Waals surface area (Å²) < 4.78 is 34.0. The lowest BCUT2D eigenvalue weighted by atomic mass is 9.98. The highest BCUT2D eigenvalue weighted by Gasteiger charge is 2.10. The Morgan fingerprint density at radius 2 is 1.75 bits per heavy atom. The van der Waals surface area contributed by atoms with Crippen LogP contribution in [0.15, 0.2) is 66.9 Å². The molecule has 5 heteroatoms. The highest BCUT2D eigenvalue weighted by Crippen LogP contribution is 2.27. The molecule has 0 saturated heterocycles. The van der Waals surface area contributed by atoms with Crippen LogP contribution < -0.4 is 0 Å². The second kappa shape index (κ2) is 9.67. The van der Waals surface area contributed by atoms with Crippen LogP contribution in [0.2, 0.25) is 0 Å². The average molecular weight is 428 g/mol. The van der Waals surface area contributed by atoms with Crippen LogP contribution >= 0.6 is 0 Å². The Bertz CT molecular complexity index is 1290. The molecule has 0 amide bonds. The van der Waals surface area contributed by atoms with Gasteiger partial charge >= 0.3 is 0 Å². The summed E-state index contributed by atoms with van der Waals surface area (Å²) in [5.74, 6) is -0.803. The van der Waals surface area contributed by atoms with E-state index in [9.17, 15) is 4.39 Å². The minimum atomic E-state index is -0.545. The summed E-state index contributed by atoms with van der Waals surface area (Å²) in [6.07, 6.45) is 3.58. The number of pyridine rings is 1. The lowest BCUT2D eigenvalue weighted by Crippen LogP contribution is -1.97. The number of aromatic nitrogens is 1. The third kappa shape index (κ3) is 4.66. The quantitative estimate of drug-likeness (QED) is 0.361. The fraction of sp³-hybridized carbons (Fsp3) is 0.185. The van der Waals surface area contributed by atoms with Crippen LogP contribution in [0.5, 0.6) is 0 Å². The molecule has 3 aromatic carbocycles. The smallest absolute Gasteiger partial charge is 0.141 e. The third-order valence-electron chi connectivity index (χ3n) is 5.59. The largest absolute Gasteiger partial charge is 0.384 e. The van der Waals surface area contributed by atoms with Crippen LogP contribution in [0.1, 0.15) is 22.3 Å². The van der Waals surface area contributed by atoms with Crippen LogP contribution in [0.4, 0.5) is 8.78 Å². The Kier molecular flexibility index (Phi) is 6.53. The van der Waals surface area contributed by atoms with E-state index in [1.807, 2.05) is 42.6 Å². The standard InChI is InChI=1S/C27H22F2N2O/c1-32-13-12-19-4-11-26(31-17-19)22-9-10-24-21(15-22)8-7-20(27(24)29)5-2-18-3-6-23(16-30)25(28)14-18/h3-4,6-11,14-15,17H,2,5,12-13H2,1H3. The molecule has 0 aliphatic carbocycles. The van der Waals surface area contributed by atoms with Gasteiger partial charge in [0, 0.05) is 24.3 Å². The molecule has 0 aliphatic rings. The highest BCUT2D eigenvalue weighted by molar-refractivity contribution is 5.88. The molecule has 0 N–H and O–H groups in total. The first kappa shape index (κ1) is 21.6. The first-order chi connectivity index (χ1) is 15.6. The van der Waals surface area contributed by atoms with Crippen molar-refractivity contribution < 1.29 is 13.5 Å². The van der Waals surface area contributed by atoms with Gasteiger partial charge in [0.05, 0.1) is 17.9 Å². The van der Waals surface area contributed by atoms with Crippen molar-refractivity contribution in [3.05, 3.63) is 101 Å². The molecule has 0 radical (unpaired) electrons. The summed E-state index contributed by atoms with van der Waals surface area (Å²) in [7, 11) is 1.67. The van der Waals surface area contributed by atoms with Crippen molar-refractivity contribution in [2.45, 2.75) is 19.3 Å². The Hall–Kier alpha value is -3.62. The monoisotopic (exact) mass is 428 g/mol. The zero-order valence-electron chi connectivity index (χ0n) is 17.7. The number of benzene rings is 3. The fourth-order valence-corrected chi connectivity index (χ4v) is 3.74. The van der Waals surface area contributed by atoms with Gasteiger partial charge in [-0.3, -0.25) is 4.98 Å². The van der Waals surface area contributed by atoms with E-state index >= 15 is 4.39 Å². The van der Waals surface area contributed by atoms with E-state index in [4.69, 9.17) is 10.00 Å². The van der Waals surface area contributed by atoms with Gasteiger partial charge in [0.25, 0.3) is 0 Å². The normalized spacial score (nSPS) is 10.9. The van der Waals surface area contributed by atoms with E-state index in [2.05, 4.69) is 4.98 Å². The Morgan fingerprint density at radius 1 is 0.906 bits per heavy atom. The van der Waals surface area contributed by atoms with Gasteiger partial charge in [-0.25, -0.2) is 8.78 Å². The summed E-state index contributed by atoms with van der Waals surface area (Å²) >= 11 is 0. The molecule has 32 heavy (non-hydrogen) atoms. The van der Waals surface area contributed by atoms with Gasteiger partial charge in [0.2, 0.25) is 0 Å². The number of ether oxygens (including phenoxy) is 1. The molecule has 4 rings (SSSR count). The van der Waals surface area contributed by atoms with Crippen LogP contribution in [0, 0.1) is 23.0 Å². The summed E-state index contributed by atoms with van der Waals surface area (Å²) in [5, 5.41) is 10.2. The molecular weight excluding hydrogens is 406 g/mol. The molecular formula is C27H22F2N2O. The highest BCUT2D eigenvalue weighted by atomic mass is 19.1. The third-order valence-corrected chi connectivity index (χ3v) is 5.59. The Balaban J connectivity index is 1.53. The molecule has 0 fully saturated rings. The van der Waals surface area contributed by atoms with Gasteiger partial charge in [-0.2, -0.15) is 5.26 Å². The average Bonchev–Trinajstić information content (AvgIpc) is 2.82. The van der Waals surface area contributed by atoms with Crippen molar-refractivity contribution in [2.24, 2.45) is 0 Å². The summed E-state index contributed by atoms with van der Waals surface area (Å²) in [4.78, 5) is 4.53. The summed E-state index contributed by atoms with van der Waals surface area (Å²) in [6, 6.07) is 19.6. The van der Waals surface area contributed by atoms with Gasteiger partial charge in [-0.15, -0.1) is 0 Å². The van der Waals surface area contributed by atoms with Crippen molar-refractivity contribution in [1.29, 1.82) is 5.26 Å². The molecule has 4 aromatic rings. The van der Waals surface area contributed by atoms with Crippen LogP contribution in [0.25, 0.3) is 22.0 Å². The Labute approximate surface area is 185 Å². The molecule has 0 spiro atoms. The predicted molar refractivity (Wildman–Crippen MR) is 121 cm³/mol. The number of fused-ring (bicyclic) bond motifs is 1. The molecule has 0 saturated carbocycles. The van der Waals surface area contributed by atoms with Crippen molar-refractivity contribution in [3.8, 4) is 17.3 Å². The maximum atomic E-state index is 15.1. The number of rotatable bonds is 7. The van der Waals surface area contributed by atoms with Gasteiger partial charge < -0.3 is 4.74 Å². The second-order valence-electron chi connectivity index (χ2n) is 7.70. The molecule has 160 valence electrons. The van der Waals surface area contributed by atoms with Crippen LogP contribution in [-0.2, 0) is 24.0 Å². The molecule has 0 unspecified atom stereocenters. The first-order valence-electron chi connectivity index (χ1n) is 10.4. The minimum Gasteiger partial charge on any atom is -0.384 e. The Morgan fingerprint density at radius 3 is 2.47 bits per heavy atom. The zero-order chi connectivity index (χ0) is 22.5. The lowest BCUT2D eigenvalue weighted by molar-refractivity contribution is 0.202. The molecule has 0 aliphatic heterocycles. The molecule has 0 atom stereocenters. The van der Waals surface area contributed by atoms with E-state index in [1.54, 1.807) is 25.3 Å². The predicted octanol–water partition coefficient (Wildman–Crippen LogP) is 6.03. The molecule has 3 nitrogen and oxygen atoms in total. The van der Waals surface area contributed by atoms with E-state index in [1.165, 1.54) is 12.1 Å².